The van der Waals surface area contributed by atoms with E-state index in [1.807, 2.05) is 13.8 Å². The van der Waals surface area contributed by atoms with Crippen LogP contribution in [0.5, 0.6) is 5.75 Å². The first-order chi connectivity index (χ1) is 16.2. The third kappa shape index (κ3) is 5.76. The van der Waals surface area contributed by atoms with Gasteiger partial charge in [0.05, 0.1) is 24.6 Å². The van der Waals surface area contributed by atoms with Crippen LogP contribution in [0.25, 0.3) is 11.1 Å². The second-order valence-corrected chi connectivity index (χ2v) is 7.91. The summed E-state index contributed by atoms with van der Waals surface area (Å²) in [6.45, 7) is 3.81. The van der Waals surface area contributed by atoms with Gasteiger partial charge in [-0.2, -0.15) is 0 Å². The zero-order chi connectivity index (χ0) is 24.8. The third-order valence-corrected chi connectivity index (χ3v) is 5.29. The predicted molar refractivity (Wildman–Crippen MR) is 128 cm³/mol. The molecule has 0 unspecified atom stereocenters. The van der Waals surface area contributed by atoms with Gasteiger partial charge in [0.2, 0.25) is 0 Å². The van der Waals surface area contributed by atoms with Crippen LogP contribution >= 0.6 is 0 Å². The van der Waals surface area contributed by atoms with Crippen LogP contribution in [0, 0.1) is 11.6 Å². The molecule has 180 valence electrons. The molecule has 8 nitrogen and oxygen atoms in total. The molecule has 1 aromatic carbocycles. The van der Waals surface area contributed by atoms with E-state index in [0.29, 0.717) is 29.0 Å². The van der Waals surface area contributed by atoms with Gasteiger partial charge < -0.3 is 26.8 Å². The van der Waals surface area contributed by atoms with E-state index in [1.165, 1.54) is 25.6 Å². The number of hydrogen-bond acceptors (Lipinski definition) is 7. The fourth-order valence-corrected chi connectivity index (χ4v) is 3.48. The van der Waals surface area contributed by atoms with Crippen LogP contribution in [0.1, 0.15) is 37.0 Å². The molecule has 2 atom stereocenters. The SMILES string of the molecule is CCC[C@@H](Nc1nc(Nc2cncc(-c3ccc(OC)cc3F)c2)c(C(N)=O)cc1F)[C@H](C)N. The first-order valence-electron chi connectivity index (χ1n) is 10.8. The number of ether oxygens (including phenoxy) is 1. The Morgan fingerprint density at radius 2 is 1.91 bits per heavy atom. The average Bonchev–Trinajstić information content (AvgIpc) is 2.80. The fraction of sp³-hybridized carbons (Fsp3) is 0.292. The number of methoxy groups -OCH3 is 1. The molecule has 0 bridgehead atoms. The minimum Gasteiger partial charge on any atom is -0.497 e. The van der Waals surface area contributed by atoms with Crippen molar-refractivity contribution in [1.29, 1.82) is 0 Å². The summed E-state index contributed by atoms with van der Waals surface area (Å²) in [5, 5.41) is 5.96. The Balaban J connectivity index is 1.97. The molecule has 0 aliphatic rings. The van der Waals surface area contributed by atoms with Gasteiger partial charge in [-0.1, -0.05) is 13.3 Å². The molecular weight excluding hydrogens is 442 g/mol. The van der Waals surface area contributed by atoms with Gasteiger partial charge in [-0.3, -0.25) is 9.78 Å². The summed E-state index contributed by atoms with van der Waals surface area (Å²) >= 11 is 0. The lowest BCUT2D eigenvalue weighted by Crippen LogP contribution is -2.38. The number of rotatable bonds is 10. The Bertz CT molecular complexity index is 1170. The van der Waals surface area contributed by atoms with Gasteiger partial charge in [-0.25, -0.2) is 13.8 Å². The summed E-state index contributed by atoms with van der Waals surface area (Å²) in [5.74, 6) is -1.71. The molecule has 0 spiro atoms. The number of primary amides is 1. The Labute approximate surface area is 196 Å². The van der Waals surface area contributed by atoms with Crippen molar-refractivity contribution in [2.24, 2.45) is 11.5 Å². The molecule has 2 heterocycles. The quantitative estimate of drug-likeness (QED) is 0.350. The molecule has 2 aromatic heterocycles. The highest BCUT2D eigenvalue weighted by molar-refractivity contribution is 5.98. The van der Waals surface area contributed by atoms with E-state index in [0.717, 1.165) is 12.5 Å². The van der Waals surface area contributed by atoms with Gasteiger partial charge in [0.1, 0.15) is 17.4 Å². The van der Waals surface area contributed by atoms with E-state index in [-0.39, 0.29) is 29.3 Å². The maximum atomic E-state index is 14.7. The topological polar surface area (TPSA) is 128 Å². The standard InChI is InChI=1S/C24H28F2N6O2/c1-4-5-21(13(2)27)31-24-20(26)10-18(22(28)33)23(32-24)30-15-8-14(11-29-12-15)17-7-6-16(34-3)9-19(17)25/h6-13,21H,4-5,27H2,1-3H3,(H2,28,33)(H2,30,31,32)/t13-,21+/m0/s1. The van der Waals surface area contributed by atoms with Crippen LogP contribution < -0.4 is 26.8 Å². The molecule has 3 rings (SSSR count). The smallest absolute Gasteiger partial charge is 0.252 e. The number of pyridine rings is 2. The number of nitrogens with two attached hydrogens (primary N) is 2. The predicted octanol–water partition coefficient (Wildman–Crippen LogP) is 4.20. The lowest BCUT2D eigenvalue weighted by atomic mass is 10.1. The normalized spacial score (nSPS) is 12.6. The summed E-state index contributed by atoms with van der Waals surface area (Å²) in [6, 6.07) is 6.65. The maximum Gasteiger partial charge on any atom is 0.252 e. The van der Waals surface area contributed by atoms with Crippen LogP contribution in [-0.4, -0.2) is 35.1 Å². The van der Waals surface area contributed by atoms with Crippen molar-refractivity contribution in [3.05, 3.63) is 59.9 Å². The number of carbonyl (C=O) groups excluding carboxylic acids is 1. The minimum atomic E-state index is -0.858. The molecule has 1 amide bonds. The van der Waals surface area contributed by atoms with E-state index < -0.39 is 17.5 Å². The fourth-order valence-electron chi connectivity index (χ4n) is 3.48. The summed E-state index contributed by atoms with van der Waals surface area (Å²) in [6.07, 6.45) is 4.51. The summed E-state index contributed by atoms with van der Waals surface area (Å²) in [5.41, 5.74) is 12.5. The van der Waals surface area contributed by atoms with E-state index >= 15 is 0 Å². The number of aromatic nitrogens is 2. The van der Waals surface area contributed by atoms with Crippen LogP contribution in [-0.2, 0) is 0 Å². The number of benzene rings is 1. The average molecular weight is 471 g/mol. The zero-order valence-corrected chi connectivity index (χ0v) is 19.2. The first-order valence-corrected chi connectivity index (χ1v) is 10.8. The van der Waals surface area contributed by atoms with Crippen LogP contribution in [0.2, 0.25) is 0 Å². The first kappa shape index (κ1) is 24.8. The second kappa shape index (κ2) is 10.9. The molecule has 0 saturated carbocycles. The molecule has 0 aliphatic carbocycles. The monoisotopic (exact) mass is 470 g/mol. The lowest BCUT2D eigenvalue weighted by Gasteiger charge is -2.23. The number of nitrogens with one attached hydrogen (secondary N) is 2. The van der Waals surface area contributed by atoms with Crippen LogP contribution in [0.3, 0.4) is 0 Å². The number of anilines is 3. The Kier molecular flexibility index (Phi) is 7.95. The molecule has 0 aliphatic heterocycles. The molecular formula is C24H28F2N6O2. The molecule has 3 aromatic rings. The van der Waals surface area contributed by atoms with Crippen molar-refractivity contribution < 1.29 is 18.3 Å². The Morgan fingerprint density at radius 3 is 2.53 bits per heavy atom. The largest absolute Gasteiger partial charge is 0.497 e. The summed E-state index contributed by atoms with van der Waals surface area (Å²) in [7, 11) is 1.45. The van der Waals surface area contributed by atoms with E-state index in [1.54, 1.807) is 18.2 Å². The van der Waals surface area contributed by atoms with Crippen LogP contribution in [0.4, 0.5) is 26.1 Å². The van der Waals surface area contributed by atoms with Crippen molar-refractivity contribution in [3.8, 4) is 16.9 Å². The highest BCUT2D eigenvalue weighted by Crippen LogP contribution is 2.29. The molecule has 10 heteroatoms. The van der Waals surface area contributed by atoms with Gasteiger partial charge >= 0.3 is 0 Å². The Hall–Kier alpha value is -3.79. The van der Waals surface area contributed by atoms with E-state index in [4.69, 9.17) is 16.2 Å². The highest BCUT2D eigenvalue weighted by atomic mass is 19.1. The number of carbonyl (C=O) groups is 1. The van der Waals surface area contributed by atoms with Crippen molar-refractivity contribution >= 4 is 23.2 Å². The van der Waals surface area contributed by atoms with Crippen molar-refractivity contribution in [3.63, 3.8) is 0 Å². The molecule has 0 saturated heterocycles. The van der Waals surface area contributed by atoms with Gasteiger partial charge in [0.25, 0.3) is 5.91 Å². The molecule has 34 heavy (non-hydrogen) atoms. The van der Waals surface area contributed by atoms with Crippen molar-refractivity contribution in [2.75, 3.05) is 17.7 Å². The summed E-state index contributed by atoms with van der Waals surface area (Å²) < 4.78 is 34.3. The van der Waals surface area contributed by atoms with Gasteiger partial charge in [0, 0.05) is 35.5 Å². The van der Waals surface area contributed by atoms with Crippen LogP contribution in [0.15, 0.2) is 42.7 Å². The van der Waals surface area contributed by atoms with E-state index in [9.17, 15) is 13.6 Å². The van der Waals surface area contributed by atoms with E-state index in [2.05, 4.69) is 20.6 Å². The van der Waals surface area contributed by atoms with Crippen molar-refractivity contribution in [2.45, 2.75) is 38.8 Å². The lowest BCUT2D eigenvalue weighted by molar-refractivity contribution is 0.100. The van der Waals surface area contributed by atoms with Gasteiger partial charge in [-0.15, -0.1) is 0 Å². The van der Waals surface area contributed by atoms with Gasteiger partial charge in [-0.05, 0) is 37.6 Å². The summed E-state index contributed by atoms with van der Waals surface area (Å²) in [4.78, 5) is 20.4. The highest BCUT2D eigenvalue weighted by Gasteiger charge is 2.20. The second-order valence-electron chi connectivity index (χ2n) is 7.91. The zero-order valence-electron chi connectivity index (χ0n) is 19.2. The number of nitrogens with zero attached hydrogens (tertiary/aromatic N) is 2. The molecule has 6 N–H and O–H groups in total. The minimum absolute atomic E-state index is 0.0328. The molecule has 0 radical (unpaired) electrons. The number of halogens is 2. The number of hydrogen-bond donors (Lipinski definition) is 4. The Morgan fingerprint density at radius 1 is 1.15 bits per heavy atom. The maximum absolute atomic E-state index is 14.7. The van der Waals surface area contributed by atoms with Gasteiger partial charge in [0.15, 0.2) is 11.6 Å². The third-order valence-electron chi connectivity index (χ3n) is 5.29. The molecule has 0 fully saturated rings. The van der Waals surface area contributed by atoms with Crippen molar-refractivity contribution in [1.82, 2.24) is 9.97 Å². The number of amides is 1.